The van der Waals surface area contributed by atoms with E-state index in [1.807, 2.05) is 19.2 Å². The molecule has 0 saturated heterocycles. The molecule has 3 aromatic heterocycles. The quantitative estimate of drug-likeness (QED) is 0.651. The van der Waals surface area contributed by atoms with Crippen molar-refractivity contribution in [2.75, 3.05) is 23.7 Å². The fourth-order valence-corrected chi connectivity index (χ4v) is 2.66. The maximum absolute atomic E-state index is 4.58. The number of pyridine rings is 1. The summed E-state index contributed by atoms with van der Waals surface area (Å²) in [5.74, 6) is 1.52. The molecule has 1 aliphatic rings. The lowest BCUT2D eigenvalue weighted by Crippen LogP contribution is -2.11. The van der Waals surface area contributed by atoms with Gasteiger partial charge < -0.3 is 10.6 Å². The molecule has 24 heavy (non-hydrogen) atoms. The van der Waals surface area contributed by atoms with Gasteiger partial charge in [0.25, 0.3) is 0 Å². The lowest BCUT2D eigenvalue weighted by atomic mass is 10.2. The fourth-order valence-electron chi connectivity index (χ4n) is 2.66. The Balaban J connectivity index is 1.33. The molecule has 0 bridgehead atoms. The highest BCUT2D eigenvalue weighted by Gasteiger charge is 2.26. The maximum atomic E-state index is 4.58. The molecule has 1 fully saturated rings. The predicted octanol–water partition coefficient (Wildman–Crippen LogP) is 2.62. The summed E-state index contributed by atoms with van der Waals surface area (Å²) >= 11 is 0. The summed E-state index contributed by atoms with van der Waals surface area (Å²) < 4.78 is 1.77. The van der Waals surface area contributed by atoms with Gasteiger partial charge in [-0.25, -0.2) is 4.98 Å². The van der Waals surface area contributed by atoms with Gasteiger partial charge in [-0.15, -0.1) is 10.2 Å². The Morgan fingerprint density at radius 1 is 1.21 bits per heavy atom. The lowest BCUT2D eigenvalue weighted by molar-refractivity contribution is 0.846. The molecule has 0 aliphatic heterocycles. The van der Waals surface area contributed by atoms with E-state index in [1.165, 1.54) is 18.4 Å². The molecule has 2 N–H and O–H groups in total. The second kappa shape index (κ2) is 6.43. The van der Waals surface area contributed by atoms with Crippen molar-refractivity contribution in [1.29, 1.82) is 0 Å². The summed E-state index contributed by atoms with van der Waals surface area (Å²) in [6, 6.07) is 6.19. The molecule has 1 aliphatic carbocycles. The van der Waals surface area contributed by atoms with Crippen LogP contribution in [-0.2, 0) is 0 Å². The Bertz CT molecular complexity index is 821. The third kappa shape index (κ3) is 3.29. The molecule has 1 saturated carbocycles. The Labute approximate surface area is 140 Å². The van der Waals surface area contributed by atoms with E-state index < -0.39 is 0 Å². The van der Waals surface area contributed by atoms with Gasteiger partial charge in [0.1, 0.15) is 12.1 Å². The molecule has 0 unspecified atom stereocenters. The monoisotopic (exact) mass is 323 g/mol. The molecule has 0 spiro atoms. The Morgan fingerprint density at radius 3 is 2.88 bits per heavy atom. The summed E-state index contributed by atoms with van der Waals surface area (Å²) in [6.45, 7) is 3.76. The number of hydrogen-bond acceptors (Lipinski definition) is 6. The van der Waals surface area contributed by atoms with Gasteiger partial charge in [-0.3, -0.25) is 0 Å². The summed E-state index contributed by atoms with van der Waals surface area (Å²) in [7, 11) is 0. The van der Waals surface area contributed by atoms with Crippen LogP contribution in [0, 0.1) is 6.92 Å². The minimum absolute atomic E-state index is 0.603. The largest absolute Gasteiger partial charge is 0.382 e. The van der Waals surface area contributed by atoms with Crippen molar-refractivity contribution >= 4 is 17.2 Å². The van der Waals surface area contributed by atoms with Crippen LogP contribution in [0.2, 0.25) is 0 Å². The highest BCUT2D eigenvalue weighted by molar-refractivity contribution is 5.66. The first-order valence-electron chi connectivity index (χ1n) is 8.41. The number of nitrogens with zero attached hydrogens (tertiary/aromatic N) is 5. The molecular weight excluding hydrogens is 302 g/mol. The zero-order valence-electron chi connectivity index (χ0n) is 13.7. The second-order valence-electron chi connectivity index (χ2n) is 6.28. The van der Waals surface area contributed by atoms with Gasteiger partial charge in [0.05, 0.1) is 11.4 Å². The zero-order chi connectivity index (χ0) is 16.4. The standard InChI is InChI=1S/C17H21N7/c1-12-3-6-16(20-10-12)19-8-2-7-18-15-9-14(13-4-5-13)23-24-11-21-22-17(15)24/h3,6,9-11,13,18H,2,4-5,7-8H2,1H3,(H,19,20). The molecule has 7 nitrogen and oxygen atoms in total. The van der Waals surface area contributed by atoms with E-state index in [-0.39, 0.29) is 0 Å². The summed E-state index contributed by atoms with van der Waals surface area (Å²) in [4.78, 5) is 4.34. The van der Waals surface area contributed by atoms with Crippen molar-refractivity contribution < 1.29 is 0 Å². The molecule has 0 aromatic carbocycles. The van der Waals surface area contributed by atoms with Gasteiger partial charge in [0.2, 0.25) is 5.65 Å². The molecular formula is C17H21N7. The number of anilines is 2. The van der Waals surface area contributed by atoms with E-state index in [9.17, 15) is 0 Å². The number of aromatic nitrogens is 5. The van der Waals surface area contributed by atoms with Crippen LogP contribution in [0.4, 0.5) is 11.5 Å². The van der Waals surface area contributed by atoms with Crippen LogP contribution in [-0.4, -0.2) is 37.9 Å². The van der Waals surface area contributed by atoms with E-state index in [0.717, 1.165) is 42.4 Å². The van der Waals surface area contributed by atoms with E-state index >= 15 is 0 Å². The van der Waals surface area contributed by atoms with Gasteiger partial charge in [-0.1, -0.05) is 6.07 Å². The van der Waals surface area contributed by atoms with Crippen molar-refractivity contribution in [3.63, 3.8) is 0 Å². The number of rotatable bonds is 7. The average molecular weight is 323 g/mol. The molecule has 4 rings (SSSR count). The third-order valence-electron chi connectivity index (χ3n) is 4.17. The minimum Gasteiger partial charge on any atom is -0.382 e. The predicted molar refractivity (Wildman–Crippen MR) is 93.3 cm³/mol. The maximum Gasteiger partial charge on any atom is 0.200 e. The topological polar surface area (TPSA) is 80.0 Å². The highest BCUT2D eigenvalue weighted by Crippen LogP contribution is 2.39. The Morgan fingerprint density at radius 2 is 2.08 bits per heavy atom. The van der Waals surface area contributed by atoms with Crippen LogP contribution in [0.25, 0.3) is 5.65 Å². The molecule has 0 radical (unpaired) electrons. The van der Waals surface area contributed by atoms with Crippen LogP contribution in [0.5, 0.6) is 0 Å². The first-order chi connectivity index (χ1) is 11.8. The van der Waals surface area contributed by atoms with Crippen LogP contribution >= 0.6 is 0 Å². The molecule has 7 heteroatoms. The van der Waals surface area contributed by atoms with Crippen molar-refractivity contribution in [2.45, 2.75) is 32.1 Å². The second-order valence-corrected chi connectivity index (χ2v) is 6.28. The number of hydrogen-bond donors (Lipinski definition) is 2. The molecule has 3 heterocycles. The normalized spacial score (nSPS) is 14.0. The van der Waals surface area contributed by atoms with E-state index in [4.69, 9.17) is 0 Å². The van der Waals surface area contributed by atoms with Crippen LogP contribution in [0.3, 0.4) is 0 Å². The zero-order valence-corrected chi connectivity index (χ0v) is 13.7. The molecule has 124 valence electrons. The summed E-state index contributed by atoms with van der Waals surface area (Å²) in [5.41, 5.74) is 4.10. The van der Waals surface area contributed by atoms with Crippen LogP contribution < -0.4 is 10.6 Å². The van der Waals surface area contributed by atoms with Gasteiger partial charge in [0, 0.05) is 25.2 Å². The molecule has 0 atom stereocenters. The SMILES string of the molecule is Cc1ccc(NCCCNc2cc(C3CC3)nn3cnnc23)nc1. The third-order valence-corrected chi connectivity index (χ3v) is 4.17. The van der Waals surface area contributed by atoms with Crippen LogP contribution in [0.15, 0.2) is 30.7 Å². The van der Waals surface area contributed by atoms with Gasteiger partial charge >= 0.3 is 0 Å². The van der Waals surface area contributed by atoms with E-state index in [0.29, 0.717) is 5.92 Å². The van der Waals surface area contributed by atoms with Crippen molar-refractivity contribution in [3.05, 3.63) is 42.0 Å². The average Bonchev–Trinajstić information content (AvgIpc) is 3.34. The smallest absolute Gasteiger partial charge is 0.200 e. The van der Waals surface area contributed by atoms with Gasteiger partial charge in [-0.05, 0) is 43.9 Å². The molecule has 3 aromatic rings. The van der Waals surface area contributed by atoms with Crippen molar-refractivity contribution in [3.8, 4) is 0 Å². The Hall–Kier alpha value is -2.70. The first kappa shape index (κ1) is 14.9. The number of fused-ring (bicyclic) bond motifs is 1. The van der Waals surface area contributed by atoms with Crippen molar-refractivity contribution in [2.24, 2.45) is 0 Å². The van der Waals surface area contributed by atoms with Crippen molar-refractivity contribution in [1.82, 2.24) is 24.8 Å². The summed E-state index contributed by atoms with van der Waals surface area (Å²) in [6.07, 6.45) is 6.98. The fraction of sp³-hybridized carbons (Fsp3) is 0.412. The number of nitrogens with one attached hydrogen (secondary N) is 2. The lowest BCUT2D eigenvalue weighted by Gasteiger charge is -2.10. The molecule has 0 amide bonds. The highest BCUT2D eigenvalue weighted by atomic mass is 15.3. The van der Waals surface area contributed by atoms with Gasteiger partial charge in [-0.2, -0.15) is 9.61 Å². The van der Waals surface area contributed by atoms with Gasteiger partial charge in [0.15, 0.2) is 0 Å². The minimum atomic E-state index is 0.603. The number of aryl methyl sites for hydroxylation is 1. The van der Waals surface area contributed by atoms with Crippen LogP contribution in [0.1, 0.15) is 36.4 Å². The summed E-state index contributed by atoms with van der Waals surface area (Å²) in [5, 5.41) is 19.5. The first-order valence-corrected chi connectivity index (χ1v) is 8.41. The van der Waals surface area contributed by atoms with E-state index in [1.54, 1.807) is 10.8 Å². The van der Waals surface area contributed by atoms with E-state index in [2.05, 4.69) is 43.0 Å². The Kier molecular flexibility index (Phi) is 3.98.